The van der Waals surface area contributed by atoms with Gasteiger partial charge in [-0.05, 0) is 48.2 Å². The van der Waals surface area contributed by atoms with Gasteiger partial charge < -0.3 is 4.42 Å². The van der Waals surface area contributed by atoms with Crippen LogP contribution in [0.1, 0.15) is 64.1 Å². The minimum Gasteiger partial charge on any atom is -0.437 e. The number of pyridine rings is 2. The van der Waals surface area contributed by atoms with Crippen LogP contribution >= 0.6 is 0 Å². The average molecular weight is 399 g/mol. The second kappa shape index (κ2) is 7.54. The number of benzene rings is 1. The van der Waals surface area contributed by atoms with E-state index in [1.165, 1.54) is 37.7 Å². The third-order valence-corrected chi connectivity index (χ3v) is 6.48. The van der Waals surface area contributed by atoms with Crippen molar-refractivity contribution in [3.63, 3.8) is 0 Å². The normalized spacial score (nSPS) is 15.8. The number of hydrogen-bond donors (Lipinski definition) is 0. The predicted octanol–water partition coefficient (Wildman–Crippen LogP) is 7.46. The molecule has 5 rings (SSSR count). The van der Waals surface area contributed by atoms with E-state index in [1.807, 2.05) is 6.20 Å². The maximum atomic E-state index is 6.31. The summed E-state index contributed by atoms with van der Waals surface area (Å²) in [5, 5.41) is 2.17. The van der Waals surface area contributed by atoms with Crippen LogP contribution in [0.25, 0.3) is 33.3 Å². The Kier molecular flexibility index (Phi) is 4.85. The Labute approximate surface area is 178 Å². The van der Waals surface area contributed by atoms with Crippen LogP contribution in [0.5, 0.6) is 0 Å². The highest BCUT2D eigenvalue weighted by atomic mass is 16.3. The molecule has 3 heterocycles. The van der Waals surface area contributed by atoms with Gasteiger partial charge in [-0.3, -0.25) is 4.98 Å². The van der Waals surface area contributed by atoms with E-state index in [0.717, 1.165) is 45.6 Å². The Morgan fingerprint density at radius 2 is 1.80 bits per heavy atom. The summed E-state index contributed by atoms with van der Waals surface area (Å²) in [5.74, 6) is 0.816. The summed E-state index contributed by atoms with van der Waals surface area (Å²) in [4.78, 5) is 9.53. The fraction of sp³-hybridized carbons (Fsp3) is 0.407. The van der Waals surface area contributed by atoms with Gasteiger partial charge in [0.25, 0.3) is 0 Å². The zero-order chi connectivity index (χ0) is 20.7. The van der Waals surface area contributed by atoms with Crippen molar-refractivity contribution in [3.05, 3.63) is 59.9 Å². The molecule has 0 saturated heterocycles. The van der Waals surface area contributed by atoms with Gasteiger partial charge in [-0.15, -0.1) is 0 Å². The minimum atomic E-state index is -0.00893. The van der Waals surface area contributed by atoms with Crippen molar-refractivity contribution in [2.45, 2.75) is 64.7 Å². The van der Waals surface area contributed by atoms with Crippen LogP contribution in [-0.4, -0.2) is 9.97 Å². The Morgan fingerprint density at radius 3 is 2.60 bits per heavy atom. The lowest BCUT2D eigenvalue weighted by molar-refractivity contribution is 0.356. The molecule has 0 bridgehead atoms. The monoisotopic (exact) mass is 398 g/mol. The zero-order valence-electron chi connectivity index (χ0n) is 18.2. The quantitative estimate of drug-likeness (QED) is 0.359. The standard InChI is InChI=1S/C27H30N2O/c1-27(2,3)24-13-12-21-20-10-7-11-22(25(20)30-26(21)29-24)23-17-19(14-15-28-23)16-18-8-5-4-6-9-18/h7,10-15,17-18H,4-6,8-9,16H2,1-3H3. The van der Waals surface area contributed by atoms with Gasteiger partial charge in [0.2, 0.25) is 5.71 Å². The second-order valence-electron chi connectivity index (χ2n) is 9.84. The van der Waals surface area contributed by atoms with Gasteiger partial charge in [-0.2, -0.15) is 0 Å². The number of fused-ring (bicyclic) bond motifs is 3. The van der Waals surface area contributed by atoms with Gasteiger partial charge in [0, 0.05) is 33.6 Å². The van der Waals surface area contributed by atoms with Gasteiger partial charge in [0.15, 0.2) is 0 Å². The zero-order valence-corrected chi connectivity index (χ0v) is 18.2. The molecule has 0 radical (unpaired) electrons. The third-order valence-electron chi connectivity index (χ3n) is 6.48. The predicted molar refractivity (Wildman–Crippen MR) is 124 cm³/mol. The van der Waals surface area contributed by atoms with E-state index in [9.17, 15) is 0 Å². The van der Waals surface area contributed by atoms with Crippen LogP contribution in [0.3, 0.4) is 0 Å². The molecule has 30 heavy (non-hydrogen) atoms. The molecule has 0 amide bonds. The van der Waals surface area contributed by atoms with Crippen LogP contribution in [-0.2, 0) is 11.8 Å². The van der Waals surface area contributed by atoms with Crippen LogP contribution in [0.15, 0.2) is 53.1 Å². The highest BCUT2D eigenvalue weighted by Crippen LogP contribution is 2.36. The molecule has 154 valence electrons. The van der Waals surface area contributed by atoms with Crippen molar-refractivity contribution < 1.29 is 4.42 Å². The number of nitrogens with zero attached hydrogens (tertiary/aromatic N) is 2. The number of furan rings is 1. The summed E-state index contributed by atoms with van der Waals surface area (Å²) >= 11 is 0. The topological polar surface area (TPSA) is 38.9 Å². The molecule has 0 aliphatic heterocycles. The summed E-state index contributed by atoms with van der Waals surface area (Å²) in [7, 11) is 0. The first-order chi connectivity index (χ1) is 14.5. The van der Waals surface area contributed by atoms with Gasteiger partial charge >= 0.3 is 0 Å². The van der Waals surface area contributed by atoms with Crippen LogP contribution in [0.2, 0.25) is 0 Å². The van der Waals surface area contributed by atoms with E-state index in [-0.39, 0.29) is 5.41 Å². The first-order valence-electron chi connectivity index (χ1n) is 11.3. The molecule has 1 aliphatic carbocycles. The number of rotatable bonds is 3. The lowest BCUT2D eigenvalue weighted by atomic mass is 9.85. The molecule has 0 atom stereocenters. The summed E-state index contributed by atoms with van der Waals surface area (Å²) in [6, 6.07) is 15.0. The molecular weight excluding hydrogens is 368 g/mol. The van der Waals surface area contributed by atoms with Crippen molar-refractivity contribution >= 4 is 22.1 Å². The second-order valence-corrected chi connectivity index (χ2v) is 9.84. The fourth-order valence-electron chi connectivity index (χ4n) is 4.77. The molecule has 3 aromatic heterocycles. The summed E-state index contributed by atoms with van der Waals surface area (Å²) in [6.07, 6.45) is 9.98. The summed E-state index contributed by atoms with van der Waals surface area (Å²) in [5.41, 5.74) is 6.05. The lowest BCUT2D eigenvalue weighted by Gasteiger charge is -2.21. The number of para-hydroxylation sites is 1. The Balaban J connectivity index is 1.56. The Morgan fingerprint density at radius 1 is 0.967 bits per heavy atom. The summed E-state index contributed by atoms with van der Waals surface area (Å²) < 4.78 is 6.31. The van der Waals surface area contributed by atoms with Gasteiger partial charge in [0.1, 0.15) is 5.58 Å². The molecule has 0 unspecified atom stereocenters. The SMILES string of the molecule is CC(C)(C)c1ccc2c(n1)oc1c(-c3cc(CC4CCCCC4)ccn3)cccc12. The number of aromatic nitrogens is 2. The van der Waals surface area contributed by atoms with Gasteiger partial charge in [-0.1, -0.05) is 65.0 Å². The van der Waals surface area contributed by atoms with Crippen molar-refractivity contribution in [2.24, 2.45) is 5.92 Å². The molecule has 1 saturated carbocycles. The van der Waals surface area contributed by atoms with E-state index < -0.39 is 0 Å². The van der Waals surface area contributed by atoms with E-state index >= 15 is 0 Å². The van der Waals surface area contributed by atoms with Gasteiger partial charge in [0.05, 0.1) is 5.69 Å². The molecule has 3 nitrogen and oxygen atoms in total. The van der Waals surface area contributed by atoms with Crippen molar-refractivity contribution in [3.8, 4) is 11.3 Å². The molecule has 4 aromatic rings. The van der Waals surface area contributed by atoms with E-state index in [0.29, 0.717) is 5.71 Å². The highest BCUT2D eigenvalue weighted by Gasteiger charge is 2.20. The number of hydrogen-bond acceptors (Lipinski definition) is 3. The molecular formula is C27H30N2O. The molecule has 1 fully saturated rings. The van der Waals surface area contributed by atoms with E-state index in [2.05, 4.69) is 63.2 Å². The summed E-state index contributed by atoms with van der Waals surface area (Å²) in [6.45, 7) is 6.53. The van der Waals surface area contributed by atoms with Gasteiger partial charge in [-0.25, -0.2) is 4.98 Å². The van der Waals surface area contributed by atoms with E-state index in [4.69, 9.17) is 14.4 Å². The highest BCUT2D eigenvalue weighted by molar-refractivity contribution is 6.08. The maximum absolute atomic E-state index is 6.31. The van der Waals surface area contributed by atoms with E-state index in [1.54, 1.807) is 0 Å². The van der Waals surface area contributed by atoms with Crippen LogP contribution in [0, 0.1) is 5.92 Å². The molecule has 3 heteroatoms. The van der Waals surface area contributed by atoms with Crippen molar-refractivity contribution in [1.29, 1.82) is 0 Å². The Bertz CT molecular complexity index is 1190. The van der Waals surface area contributed by atoms with Crippen LogP contribution in [0.4, 0.5) is 0 Å². The molecule has 0 N–H and O–H groups in total. The first-order valence-corrected chi connectivity index (χ1v) is 11.3. The lowest BCUT2D eigenvalue weighted by Crippen LogP contribution is -2.12. The molecule has 1 aromatic carbocycles. The van der Waals surface area contributed by atoms with Crippen LogP contribution < -0.4 is 0 Å². The third kappa shape index (κ3) is 3.62. The largest absolute Gasteiger partial charge is 0.437 e. The van der Waals surface area contributed by atoms with Crippen molar-refractivity contribution in [1.82, 2.24) is 9.97 Å². The Hall–Kier alpha value is -2.68. The fourth-order valence-corrected chi connectivity index (χ4v) is 4.77. The molecule has 0 spiro atoms. The smallest absolute Gasteiger partial charge is 0.227 e. The van der Waals surface area contributed by atoms with Crippen molar-refractivity contribution in [2.75, 3.05) is 0 Å². The molecule has 1 aliphatic rings. The first kappa shape index (κ1) is 19.3. The average Bonchev–Trinajstić information content (AvgIpc) is 3.12. The minimum absolute atomic E-state index is 0.00893. The maximum Gasteiger partial charge on any atom is 0.227 e.